The zero-order valence-electron chi connectivity index (χ0n) is 8.93. The van der Waals surface area contributed by atoms with Crippen LogP contribution in [0.2, 0.25) is 0 Å². The maximum absolute atomic E-state index is 11.2. The highest BCUT2D eigenvalue weighted by atomic mass is 16.6. The van der Waals surface area contributed by atoms with Gasteiger partial charge in [-0.25, -0.2) is 4.79 Å². The van der Waals surface area contributed by atoms with E-state index in [1.165, 1.54) is 7.11 Å². The lowest BCUT2D eigenvalue weighted by molar-refractivity contribution is -0.161. The molecular weight excluding hydrogens is 200 g/mol. The van der Waals surface area contributed by atoms with Crippen LogP contribution in [0.25, 0.3) is 0 Å². The van der Waals surface area contributed by atoms with Crippen molar-refractivity contribution in [3.63, 3.8) is 0 Å². The fourth-order valence-electron chi connectivity index (χ4n) is 1.47. The number of carbonyl (C=O) groups is 2. The summed E-state index contributed by atoms with van der Waals surface area (Å²) < 4.78 is 9.79. The van der Waals surface area contributed by atoms with Crippen LogP contribution in [-0.2, 0) is 19.1 Å². The van der Waals surface area contributed by atoms with Gasteiger partial charge in [-0.05, 0) is 6.92 Å². The third-order valence-electron chi connectivity index (χ3n) is 2.52. The van der Waals surface area contributed by atoms with Gasteiger partial charge in [0.2, 0.25) is 5.91 Å². The summed E-state index contributed by atoms with van der Waals surface area (Å²) in [4.78, 5) is 24.0. The van der Waals surface area contributed by atoms with E-state index in [9.17, 15) is 9.59 Å². The van der Waals surface area contributed by atoms with Crippen LogP contribution < -0.4 is 5.73 Å². The summed E-state index contributed by atoms with van der Waals surface area (Å²) in [6, 6.07) is -0.388. The van der Waals surface area contributed by atoms with Crippen molar-refractivity contribution in [2.24, 2.45) is 5.73 Å². The summed E-state index contributed by atoms with van der Waals surface area (Å²) in [7, 11) is 1.31. The number of hydrogen-bond donors (Lipinski definition) is 1. The standard InChI is InChI=1S/C9H16N2O4/c1-6(8(10)12)11-3-4-15-7(5-11)9(13)14-2/h6-7H,3-5H2,1-2H3,(H2,10,12). The van der Waals surface area contributed by atoms with E-state index < -0.39 is 18.0 Å². The molecule has 1 rings (SSSR count). The van der Waals surface area contributed by atoms with Crippen LogP contribution in [0.4, 0.5) is 0 Å². The SMILES string of the molecule is COC(=O)C1CN(C(C)C(N)=O)CCO1. The number of methoxy groups -OCH3 is 1. The molecule has 0 radical (unpaired) electrons. The highest BCUT2D eigenvalue weighted by Gasteiger charge is 2.31. The number of nitrogens with two attached hydrogens (primary N) is 1. The van der Waals surface area contributed by atoms with Gasteiger partial charge in [0.1, 0.15) is 0 Å². The first-order valence-corrected chi connectivity index (χ1v) is 4.79. The van der Waals surface area contributed by atoms with Crippen molar-refractivity contribution < 1.29 is 19.1 Å². The average molecular weight is 216 g/mol. The van der Waals surface area contributed by atoms with Crippen LogP contribution in [0.15, 0.2) is 0 Å². The molecule has 0 aromatic carbocycles. The first-order valence-electron chi connectivity index (χ1n) is 4.79. The fourth-order valence-corrected chi connectivity index (χ4v) is 1.47. The van der Waals surface area contributed by atoms with Crippen LogP contribution in [0.1, 0.15) is 6.92 Å². The molecule has 0 bridgehead atoms. The van der Waals surface area contributed by atoms with E-state index in [0.29, 0.717) is 19.7 Å². The number of carbonyl (C=O) groups excluding carboxylic acids is 2. The summed E-state index contributed by atoms with van der Waals surface area (Å²) in [5.41, 5.74) is 5.18. The number of esters is 1. The van der Waals surface area contributed by atoms with Crippen molar-refractivity contribution >= 4 is 11.9 Å². The summed E-state index contributed by atoms with van der Waals surface area (Å²) in [5.74, 6) is -0.822. The van der Waals surface area contributed by atoms with E-state index in [2.05, 4.69) is 4.74 Å². The Balaban J connectivity index is 2.56. The first-order chi connectivity index (χ1) is 7.06. The third-order valence-corrected chi connectivity index (χ3v) is 2.52. The molecule has 2 unspecified atom stereocenters. The van der Waals surface area contributed by atoms with Crippen LogP contribution >= 0.6 is 0 Å². The van der Waals surface area contributed by atoms with Gasteiger partial charge < -0.3 is 15.2 Å². The second-order valence-corrected chi connectivity index (χ2v) is 3.46. The van der Waals surface area contributed by atoms with E-state index in [-0.39, 0.29) is 6.04 Å². The molecule has 1 saturated heterocycles. The molecule has 0 aliphatic carbocycles. The Morgan fingerprint density at radius 2 is 2.27 bits per heavy atom. The van der Waals surface area contributed by atoms with Crippen molar-refractivity contribution in [2.75, 3.05) is 26.8 Å². The molecule has 6 heteroatoms. The molecule has 0 spiro atoms. The monoisotopic (exact) mass is 216 g/mol. The Morgan fingerprint density at radius 3 is 2.80 bits per heavy atom. The topological polar surface area (TPSA) is 81.9 Å². The second kappa shape index (κ2) is 5.09. The highest BCUT2D eigenvalue weighted by Crippen LogP contribution is 2.09. The zero-order chi connectivity index (χ0) is 11.4. The lowest BCUT2D eigenvalue weighted by Crippen LogP contribution is -2.53. The van der Waals surface area contributed by atoms with Crippen molar-refractivity contribution in [1.82, 2.24) is 4.90 Å². The number of morpholine rings is 1. The Kier molecular flexibility index (Phi) is 4.05. The largest absolute Gasteiger partial charge is 0.467 e. The molecule has 1 aliphatic rings. The average Bonchev–Trinajstić information content (AvgIpc) is 2.27. The van der Waals surface area contributed by atoms with Gasteiger partial charge in [-0.2, -0.15) is 0 Å². The van der Waals surface area contributed by atoms with Gasteiger partial charge >= 0.3 is 5.97 Å². The van der Waals surface area contributed by atoms with E-state index in [1.54, 1.807) is 6.92 Å². The van der Waals surface area contributed by atoms with Gasteiger partial charge in [-0.15, -0.1) is 0 Å². The molecule has 86 valence electrons. The van der Waals surface area contributed by atoms with Gasteiger partial charge in [-0.3, -0.25) is 9.69 Å². The second-order valence-electron chi connectivity index (χ2n) is 3.46. The molecule has 1 heterocycles. The van der Waals surface area contributed by atoms with Gasteiger partial charge in [-0.1, -0.05) is 0 Å². The molecular formula is C9H16N2O4. The summed E-state index contributed by atoms with van der Waals surface area (Å²) in [5, 5.41) is 0. The van der Waals surface area contributed by atoms with Gasteiger partial charge in [0.15, 0.2) is 6.10 Å². The summed E-state index contributed by atoms with van der Waals surface area (Å²) in [6.45, 7) is 3.05. The van der Waals surface area contributed by atoms with Crippen molar-refractivity contribution in [3.8, 4) is 0 Å². The quantitative estimate of drug-likeness (QED) is 0.595. The Labute approximate surface area is 88.3 Å². The minimum Gasteiger partial charge on any atom is -0.467 e. The number of ether oxygens (including phenoxy) is 2. The van der Waals surface area contributed by atoms with E-state index in [4.69, 9.17) is 10.5 Å². The maximum Gasteiger partial charge on any atom is 0.336 e. The molecule has 1 amide bonds. The molecule has 0 aromatic rings. The fraction of sp³-hybridized carbons (Fsp3) is 0.778. The maximum atomic E-state index is 11.2. The normalized spacial score (nSPS) is 24.5. The summed E-state index contributed by atoms with van der Waals surface area (Å²) >= 11 is 0. The number of rotatable bonds is 3. The number of hydrogen-bond acceptors (Lipinski definition) is 5. The van der Waals surface area contributed by atoms with Gasteiger partial charge in [0.05, 0.1) is 19.8 Å². The Bertz CT molecular complexity index is 256. The zero-order valence-corrected chi connectivity index (χ0v) is 8.93. The van der Waals surface area contributed by atoms with E-state index >= 15 is 0 Å². The number of nitrogens with zero attached hydrogens (tertiary/aromatic N) is 1. The highest BCUT2D eigenvalue weighted by molar-refractivity contribution is 5.79. The Morgan fingerprint density at radius 1 is 1.60 bits per heavy atom. The van der Waals surface area contributed by atoms with E-state index in [1.807, 2.05) is 4.90 Å². The first kappa shape index (κ1) is 11.9. The minimum absolute atomic E-state index is 0.344. The van der Waals surface area contributed by atoms with Crippen LogP contribution in [0, 0.1) is 0 Å². The molecule has 6 nitrogen and oxygen atoms in total. The molecule has 2 atom stereocenters. The van der Waals surface area contributed by atoms with Crippen LogP contribution in [-0.4, -0.2) is 55.7 Å². The minimum atomic E-state index is -0.620. The smallest absolute Gasteiger partial charge is 0.336 e. The van der Waals surface area contributed by atoms with E-state index in [0.717, 1.165) is 0 Å². The van der Waals surface area contributed by atoms with Gasteiger partial charge in [0, 0.05) is 13.1 Å². The molecule has 1 fully saturated rings. The van der Waals surface area contributed by atoms with Crippen LogP contribution in [0.5, 0.6) is 0 Å². The Hall–Kier alpha value is -1.14. The van der Waals surface area contributed by atoms with Crippen molar-refractivity contribution in [3.05, 3.63) is 0 Å². The molecule has 0 saturated carbocycles. The van der Waals surface area contributed by atoms with Gasteiger partial charge in [0.25, 0.3) is 0 Å². The molecule has 0 aromatic heterocycles. The summed E-state index contributed by atoms with van der Waals surface area (Å²) in [6.07, 6.45) is -0.620. The molecule has 15 heavy (non-hydrogen) atoms. The number of primary amides is 1. The van der Waals surface area contributed by atoms with Crippen molar-refractivity contribution in [2.45, 2.75) is 19.1 Å². The third kappa shape index (κ3) is 2.90. The predicted molar refractivity (Wildman–Crippen MR) is 52.0 cm³/mol. The predicted octanol–water partition coefficient (Wildman–Crippen LogP) is -1.27. The molecule has 2 N–H and O–H groups in total. The lowest BCUT2D eigenvalue weighted by Gasteiger charge is -2.34. The number of amides is 1. The lowest BCUT2D eigenvalue weighted by atomic mass is 10.2. The molecule has 1 aliphatic heterocycles. The van der Waals surface area contributed by atoms with Crippen LogP contribution in [0.3, 0.4) is 0 Å². The van der Waals surface area contributed by atoms with Crippen molar-refractivity contribution in [1.29, 1.82) is 0 Å².